The molecule has 0 spiro atoms. The Bertz CT molecular complexity index is 1150. The van der Waals surface area contributed by atoms with Crippen LogP contribution in [-0.4, -0.2) is 65.4 Å². The summed E-state index contributed by atoms with van der Waals surface area (Å²) in [5.74, 6) is -2.80. The van der Waals surface area contributed by atoms with Crippen LogP contribution >= 0.6 is 11.6 Å². The van der Waals surface area contributed by atoms with Crippen LogP contribution in [0, 0.1) is 5.92 Å². The number of hydrogen-bond acceptors (Lipinski definition) is 9. The standard InChI is InChI=1S/C24H29ClN2O8/c1-5-31-22(29)20(23(30)32-6-2)33-11-13-10-16(19-18(13)34-24(3,4)35-19)27-12-26-15-9-7-8-14(25)17(15)21(27)28/h7-9,12-13,16,18-20H,5-6,10-11H2,1-4H3/t13-,16-,18-,19+/m1/s1. The number of esters is 2. The maximum absolute atomic E-state index is 13.4. The largest absolute Gasteiger partial charge is 0.464 e. The van der Waals surface area contributed by atoms with Crippen LogP contribution in [0.25, 0.3) is 10.9 Å². The van der Waals surface area contributed by atoms with E-state index in [0.717, 1.165) is 0 Å². The lowest BCUT2D eigenvalue weighted by Gasteiger charge is -2.25. The quantitative estimate of drug-likeness (QED) is 0.392. The van der Waals surface area contributed by atoms with Crippen LogP contribution in [0.3, 0.4) is 0 Å². The zero-order chi connectivity index (χ0) is 25.3. The number of fused-ring (bicyclic) bond motifs is 2. The van der Waals surface area contributed by atoms with Crippen molar-refractivity contribution in [2.75, 3.05) is 19.8 Å². The molecular weight excluding hydrogens is 480 g/mol. The minimum Gasteiger partial charge on any atom is -0.464 e. The van der Waals surface area contributed by atoms with Crippen molar-refractivity contribution in [3.63, 3.8) is 0 Å². The molecule has 11 heteroatoms. The van der Waals surface area contributed by atoms with E-state index in [1.54, 1.807) is 45.9 Å². The summed E-state index contributed by atoms with van der Waals surface area (Å²) in [5.41, 5.74) is 0.221. The summed E-state index contributed by atoms with van der Waals surface area (Å²) < 4.78 is 29.5. The molecule has 190 valence electrons. The van der Waals surface area contributed by atoms with E-state index in [9.17, 15) is 14.4 Å². The van der Waals surface area contributed by atoms with Crippen molar-refractivity contribution in [3.8, 4) is 0 Å². The number of aromatic nitrogens is 2. The molecular formula is C24H29ClN2O8. The number of ether oxygens (including phenoxy) is 5. The first kappa shape index (κ1) is 25.6. The molecule has 0 N–H and O–H groups in total. The molecule has 4 rings (SSSR count). The maximum atomic E-state index is 13.4. The lowest BCUT2D eigenvalue weighted by Crippen LogP contribution is -2.38. The summed E-state index contributed by atoms with van der Waals surface area (Å²) in [4.78, 5) is 42.4. The molecule has 2 aromatic rings. The Morgan fingerprint density at radius 2 is 1.83 bits per heavy atom. The van der Waals surface area contributed by atoms with E-state index in [1.165, 1.54) is 10.9 Å². The van der Waals surface area contributed by atoms with Gasteiger partial charge in [-0.2, -0.15) is 0 Å². The van der Waals surface area contributed by atoms with Crippen LogP contribution in [0.4, 0.5) is 0 Å². The lowest BCUT2D eigenvalue weighted by molar-refractivity contribution is -0.179. The minimum absolute atomic E-state index is 0.00405. The van der Waals surface area contributed by atoms with E-state index < -0.39 is 42.1 Å². The molecule has 35 heavy (non-hydrogen) atoms. The Balaban J connectivity index is 1.61. The van der Waals surface area contributed by atoms with Crippen molar-refractivity contribution in [1.29, 1.82) is 0 Å². The van der Waals surface area contributed by atoms with Gasteiger partial charge in [0.2, 0.25) is 0 Å². The number of nitrogens with zero attached hydrogens (tertiary/aromatic N) is 2. The summed E-state index contributed by atoms with van der Waals surface area (Å²) in [7, 11) is 0. The second-order valence-electron chi connectivity index (χ2n) is 8.94. The van der Waals surface area contributed by atoms with Gasteiger partial charge in [0, 0.05) is 5.92 Å². The van der Waals surface area contributed by atoms with Crippen LogP contribution in [0.15, 0.2) is 29.3 Å². The van der Waals surface area contributed by atoms with E-state index in [-0.39, 0.29) is 31.3 Å². The van der Waals surface area contributed by atoms with Gasteiger partial charge in [0.25, 0.3) is 11.7 Å². The number of carbonyl (C=O) groups excluding carboxylic acids is 2. The first-order valence-corrected chi connectivity index (χ1v) is 12.0. The van der Waals surface area contributed by atoms with Gasteiger partial charge < -0.3 is 23.7 Å². The van der Waals surface area contributed by atoms with Crippen molar-refractivity contribution in [2.24, 2.45) is 5.92 Å². The third-order valence-corrected chi connectivity index (χ3v) is 6.46. The number of benzene rings is 1. The molecule has 1 aromatic heterocycles. The molecule has 0 amide bonds. The first-order valence-electron chi connectivity index (χ1n) is 11.6. The van der Waals surface area contributed by atoms with E-state index in [0.29, 0.717) is 22.3 Å². The monoisotopic (exact) mass is 508 g/mol. The van der Waals surface area contributed by atoms with Crippen LogP contribution in [0.5, 0.6) is 0 Å². The van der Waals surface area contributed by atoms with Crippen LogP contribution in [-0.2, 0) is 33.3 Å². The van der Waals surface area contributed by atoms with Crippen molar-refractivity contribution < 1.29 is 33.3 Å². The van der Waals surface area contributed by atoms with E-state index >= 15 is 0 Å². The number of halogens is 1. The van der Waals surface area contributed by atoms with Crippen LogP contribution in [0.1, 0.15) is 40.2 Å². The lowest BCUT2D eigenvalue weighted by atomic mass is 10.1. The summed E-state index contributed by atoms with van der Waals surface area (Å²) in [5, 5.41) is 0.648. The first-order chi connectivity index (χ1) is 16.7. The molecule has 0 bridgehead atoms. The fourth-order valence-electron chi connectivity index (χ4n) is 4.75. The van der Waals surface area contributed by atoms with Gasteiger partial charge in [-0.1, -0.05) is 17.7 Å². The van der Waals surface area contributed by atoms with Crippen LogP contribution < -0.4 is 5.56 Å². The van der Waals surface area contributed by atoms with Crippen molar-refractivity contribution >= 4 is 34.4 Å². The number of hydrogen-bond donors (Lipinski definition) is 0. The van der Waals surface area contributed by atoms with Crippen molar-refractivity contribution in [3.05, 3.63) is 39.9 Å². The number of rotatable bonds is 8. The van der Waals surface area contributed by atoms with Gasteiger partial charge in [0.1, 0.15) is 6.10 Å². The van der Waals surface area contributed by atoms with Crippen LogP contribution in [0.2, 0.25) is 5.02 Å². The Labute approximate surface area is 207 Å². The van der Waals surface area contributed by atoms with Gasteiger partial charge in [-0.15, -0.1) is 0 Å². The predicted octanol–water partition coefficient (Wildman–Crippen LogP) is 2.64. The molecule has 1 aliphatic carbocycles. The van der Waals surface area contributed by atoms with Gasteiger partial charge in [-0.3, -0.25) is 9.36 Å². The highest BCUT2D eigenvalue weighted by Gasteiger charge is 2.55. The average molecular weight is 509 g/mol. The Kier molecular flexibility index (Phi) is 7.46. The second-order valence-corrected chi connectivity index (χ2v) is 9.34. The smallest absolute Gasteiger partial charge is 0.347 e. The Morgan fingerprint density at radius 1 is 1.17 bits per heavy atom. The predicted molar refractivity (Wildman–Crippen MR) is 125 cm³/mol. The highest BCUT2D eigenvalue weighted by Crippen LogP contribution is 2.46. The van der Waals surface area contributed by atoms with Gasteiger partial charge in [-0.25, -0.2) is 14.6 Å². The molecule has 2 heterocycles. The maximum Gasteiger partial charge on any atom is 0.347 e. The molecule has 1 aromatic carbocycles. The zero-order valence-electron chi connectivity index (χ0n) is 20.1. The second kappa shape index (κ2) is 10.2. The molecule has 0 radical (unpaired) electrons. The molecule has 1 saturated heterocycles. The molecule has 1 aliphatic heterocycles. The summed E-state index contributed by atoms with van der Waals surface area (Å²) >= 11 is 6.30. The Hall–Kier alpha value is -2.53. The third-order valence-electron chi connectivity index (χ3n) is 6.15. The van der Waals surface area contributed by atoms with Gasteiger partial charge in [-0.05, 0) is 46.2 Å². The summed E-state index contributed by atoms with van der Waals surface area (Å²) in [6.45, 7) is 7.05. The molecule has 1 saturated carbocycles. The average Bonchev–Trinajstić information content (AvgIpc) is 3.28. The summed E-state index contributed by atoms with van der Waals surface area (Å²) in [6, 6.07) is 4.69. The van der Waals surface area contributed by atoms with Gasteiger partial charge in [0.15, 0.2) is 5.79 Å². The van der Waals surface area contributed by atoms with Gasteiger partial charge in [0.05, 0.1) is 54.2 Å². The summed E-state index contributed by atoms with van der Waals surface area (Å²) in [6.07, 6.45) is -0.496. The van der Waals surface area contributed by atoms with E-state index in [4.69, 9.17) is 35.3 Å². The molecule has 4 atom stereocenters. The van der Waals surface area contributed by atoms with Crippen molar-refractivity contribution in [2.45, 2.75) is 64.3 Å². The topological polar surface area (TPSA) is 115 Å². The minimum atomic E-state index is -1.51. The fourth-order valence-corrected chi connectivity index (χ4v) is 5.01. The number of carbonyl (C=O) groups is 2. The van der Waals surface area contributed by atoms with Gasteiger partial charge >= 0.3 is 11.9 Å². The molecule has 2 fully saturated rings. The molecule has 0 unspecified atom stereocenters. The fraction of sp³-hybridized carbons (Fsp3) is 0.583. The Morgan fingerprint density at radius 3 is 2.49 bits per heavy atom. The zero-order valence-corrected chi connectivity index (χ0v) is 20.8. The third kappa shape index (κ3) is 5.06. The van der Waals surface area contributed by atoms with Crippen molar-refractivity contribution in [1.82, 2.24) is 9.55 Å². The van der Waals surface area contributed by atoms with E-state index in [2.05, 4.69) is 4.98 Å². The normalized spacial score (nSPS) is 25.1. The molecule has 10 nitrogen and oxygen atoms in total. The van der Waals surface area contributed by atoms with E-state index in [1.807, 2.05) is 0 Å². The molecule has 2 aliphatic rings. The highest BCUT2D eigenvalue weighted by molar-refractivity contribution is 6.35. The highest BCUT2D eigenvalue weighted by atomic mass is 35.5. The SMILES string of the molecule is CCOC(=O)C(OC[C@H]1C[C@@H](n2cnc3cccc(Cl)c3c2=O)[C@@H]2OC(C)(C)O[C@H]12)C(=O)OCC.